The standard InChI is InChI=1S/C7H10N2O2S/c1-4-2-5(9-7(8)11)6(3-10)12-4/h3-4H,2H2,1H3,(H3,8,9,11). The van der Waals surface area contributed by atoms with Gasteiger partial charge in [0.2, 0.25) is 0 Å². The summed E-state index contributed by atoms with van der Waals surface area (Å²) in [6.07, 6.45) is 1.45. The van der Waals surface area contributed by atoms with Crippen LogP contribution in [-0.2, 0) is 4.79 Å². The largest absolute Gasteiger partial charge is 0.351 e. The molecule has 1 rings (SSSR count). The normalized spacial score (nSPS) is 22.6. The van der Waals surface area contributed by atoms with Gasteiger partial charge in [0, 0.05) is 17.4 Å². The maximum atomic E-state index is 10.5. The Morgan fingerprint density at radius 3 is 3.00 bits per heavy atom. The van der Waals surface area contributed by atoms with Crippen LogP contribution in [0.5, 0.6) is 0 Å². The number of nitrogens with one attached hydrogen (secondary N) is 1. The van der Waals surface area contributed by atoms with E-state index in [1.165, 1.54) is 11.8 Å². The van der Waals surface area contributed by atoms with Crippen LogP contribution in [0.15, 0.2) is 10.6 Å². The highest BCUT2D eigenvalue weighted by atomic mass is 32.2. The topological polar surface area (TPSA) is 72.2 Å². The fourth-order valence-electron chi connectivity index (χ4n) is 1.08. The van der Waals surface area contributed by atoms with Gasteiger partial charge in [0.25, 0.3) is 0 Å². The summed E-state index contributed by atoms with van der Waals surface area (Å²) in [4.78, 5) is 21.5. The molecule has 0 aliphatic carbocycles. The molecule has 3 N–H and O–H groups in total. The molecule has 1 heterocycles. The van der Waals surface area contributed by atoms with Crippen LogP contribution in [-0.4, -0.2) is 17.6 Å². The van der Waals surface area contributed by atoms with Crippen molar-refractivity contribution >= 4 is 24.1 Å². The SMILES string of the molecule is CC1CC(NC(N)=O)=C(C=O)S1. The lowest BCUT2D eigenvalue weighted by molar-refractivity contribution is -0.104. The fraction of sp³-hybridized carbons (Fsp3) is 0.429. The maximum absolute atomic E-state index is 10.5. The van der Waals surface area contributed by atoms with Crippen LogP contribution in [0.2, 0.25) is 0 Å². The monoisotopic (exact) mass is 186 g/mol. The molecule has 1 aliphatic heterocycles. The highest BCUT2D eigenvalue weighted by Gasteiger charge is 2.21. The van der Waals surface area contributed by atoms with E-state index in [1.54, 1.807) is 0 Å². The number of thioether (sulfide) groups is 1. The van der Waals surface area contributed by atoms with Gasteiger partial charge in [0.1, 0.15) is 0 Å². The first-order chi connectivity index (χ1) is 5.63. The summed E-state index contributed by atoms with van der Waals surface area (Å²) in [5.74, 6) is 0. The van der Waals surface area contributed by atoms with E-state index < -0.39 is 6.03 Å². The van der Waals surface area contributed by atoms with E-state index in [0.717, 1.165) is 6.29 Å². The number of hydrogen-bond acceptors (Lipinski definition) is 3. The molecule has 1 aliphatic rings. The Hall–Kier alpha value is -0.970. The number of hydrogen-bond donors (Lipinski definition) is 2. The molecule has 5 heteroatoms. The van der Waals surface area contributed by atoms with Crippen LogP contribution >= 0.6 is 11.8 Å². The van der Waals surface area contributed by atoms with Crippen LogP contribution in [0.3, 0.4) is 0 Å². The summed E-state index contributed by atoms with van der Waals surface area (Å²) in [6, 6.07) is -0.612. The van der Waals surface area contributed by atoms with E-state index in [4.69, 9.17) is 5.73 Å². The van der Waals surface area contributed by atoms with Crippen molar-refractivity contribution in [3.63, 3.8) is 0 Å². The minimum Gasteiger partial charge on any atom is -0.351 e. The summed E-state index contributed by atoms with van der Waals surface area (Å²) in [7, 11) is 0. The Kier molecular flexibility index (Phi) is 2.75. The molecule has 0 spiro atoms. The van der Waals surface area contributed by atoms with Gasteiger partial charge in [-0.25, -0.2) is 4.79 Å². The van der Waals surface area contributed by atoms with Crippen molar-refractivity contribution in [1.29, 1.82) is 0 Å². The van der Waals surface area contributed by atoms with Gasteiger partial charge >= 0.3 is 6.03 Å². The van der Waals surface area contributed by atoms with Gasteiger partial charge in [-0.3, -0.25) is 4.79 Å². The van der Waals surface area contributed by atoms with Crippen LogP contribution in [0.1, 0.15) is 13.3 Å². The number of carbonyl (C=O) groups excluding carboxylic acids is 2. The third-order valence-corrected chi connectivity index (χ3v) is 2.66. The highest BCUT2D eigenvalue weighted by molar-refractivity contribution is 8.04. The lowest BCUT2D eigenvalue weighted by Gasteiger charge is -2.01. The zero-order chi connectivity index (χ0) is 9.14. The van der Waals surface area contributed by atoms with Crippen molar-refractivity contribution in [2.24, 2.45) is 5.73 Å². The molecule has 66 valence electrons. The van der Waals surface area contributed by atoms with E-state index in [-0.39, 0.29) is 0 Å². The van der Waals surface area contributed by atoms with Gasteiger partial charge in [0.05, 0.1) is 4.91 Å². The van der Waals surface area contributed by atoms with Gasteiger partial charge in [-0.1, -0.05) is 6.92 Å². The first-order valence-corrected chi connectivity index (χ1v) is 4.43. The second-order valence-electron chi connectivity index (χ2n) is 2.58. The summed E-state index contributed by atoms with van der Waals surface area (Å²) in [6.45, 7) is 1.99. The lowest BCUT2D eigenvalue weighted by Crippen LogP contribution is -2.29. The van der Waals surface area contributed by atoms with Gasteiger partial charge in [-0.05, 0) is 0 Å². The molecule has 12 heavy (non-hydrogen) atoms. The minimum atomic E-state index is -0.612. The molecular formula is C7H10N2O2S. The number of urea groups is 1. The van der Waals surface area contributed by atoms with Crippen molar-refractivity contribution in [1.82, 2.24) is 5.32 Å². The number of amides is 2. The number of carbonyl (C=O) groups is 2. The predicted octanol–water partition coefficient (Wildman–Crippen LogP) is 0.591. The van der Waals surface area contributed by atoms with Crippen molar-refractivity contribution in [2.45, 2.75) is 18.6 Å². The molecule has 1 unspecified atom stereocenters. The fourth-order valence-corrected chi connectivity index (χ4v) is 2.09. The van der Waals surface area contributed by atoms with Crippen molar-refractivity contribution in [3.8, 4) is 0 Å². The smallest absolute Gasteiger partial charge is 0.316 e. The van der Waals surface area contributed by atoms with Crippen molar-refractivity contribution in [2.75, 3.05) is 0 Å². The van der Waals surface area contributed by atoms with Gasteiger partial charge in [0.15, 0.2) is 6.29 Å². The number of aldehydes is 1. The zero-order valence-corrected chi connectivity index (χ0v) is 7.48. The highest BCUT2D eigenvalue weighted by Crippen LogP contribution is 2.34. The van der Waals surface area contributed by atoms with Gasteiger partial charge in [-0.15, -0.1) is 11.8 Å². The number of primary amides is 1. The summed E-state index contributed by atoms with van der Waals surface area (Å²) < 4.78 is 0. The second kappa shape index (κ2) is 3.62. The predicted molar refractivity (Wildman–Crippen MR) is 47.5 cm³/mol. The molecule has 0 saturated heterocycles. The molecule has 1 atom stereocenters. The van der Waals surface area contributed by atoms with Crippen LogP contribution in [0, 0.1) is 0 Å². The third kappa shape index (κ3) is 2.01. The third-order valence-electron chi connectivity index (χ3n) is 1.50. The zero-order valence-electron chi connectivity index (χ0n) is 6.66. The molecule has 0 aromatic carbocycles. The number of rotatable bonds is 2. The molecule has 2 amide bonds. The Labute approximate surface area is 74.6 Å². The Bertz CT molecular complexity index is 250. The summed E-state index contributed by atoms with van der Waals surface area (Å²) >= 11 is 1.46. The first-order valence-electron chi connectivity index (χ1n) is 3.55. The molecule has 0 fully saturated rings. The first kappa shape index (κ1) is 9.12. The quantitative estimate of drug-likeness (QED) is 0.620. The van der Waals surface area contributed by atoms with E-state index in [9.17, 15) is 9.59 Å². The number of nitrogens with two attached hydrogens (primary N) is 1. The van der Waals surface area contributed by atoms with E-state index in [2.05, 4.69) is 5.32 Å². The molecule has 0 saturated carbocycles. The Balaban J connectivity index is 2.71. The van der Waals surface area contributed by atoms with Gasteiger partial charge < -0.3 is 11.1 Å². The Morgan fingerprint density at radius 2 is 2.50 bits per heavy atom. The van der Waals surface area contributed by atoms with E-state index in [0.29, 0.717) is 22.3 Å². The minimum absolute atomic E-state index is 0.340. The van der Waals surface area contributed by atoms with Gasteiger partial charge in [-0.2, -0.15) is 0 Å². The van der Waals surface area contributed by atoms with Crippen LogP contribution < -0.4 is 11.1 Å². The maximum Gasteiger partial charge on any atom is 0.316 e. The van der Waals surface area contributed by atoms with Crippen LogP contribution in [0.25, 0.3) is 0 Å². The Morgan fingerprint density at radius 1 is 1.83 bits per heavy atom. The molecule has 0 bridgehead atoms. The van der Waals surface area contributed by atoms with Crippen molar-refractivity contribution < 1.29 is 9.59 Å². The molecule has 4 nitrogen and oxygen atoms in total. The molecular weight excluding hydrogens is 176 g/mol. The molecule has 0 radical (unpaired) electrons. The number of allylic oxidation sites excluding steroid dienone is 2. The second-order valence-corrected chi connectivity index (χ2v) is 4.06. The van der Waals surface area contributed by atoms with E-state index in [1.807, 2.05) is 6.92 Å². The summed E-state index contributed by atoms with van der Waals surface area (Å²) in [5.41, 5.74) is 5.57. The van der Waals surface area contributed by atoms with Crippen molar-refractivity contribution in [3.05, 3.63) is 10.6 Å². The average Bonchev–Trinajstić information content (AvgIpc) is 2.29. The molecule has 0 aromatic rings. The molecule has 0 aromatic heterocycles. The van der Waals surface area contributed by atoms with Crippen LogP contribution in [0.4, 0.5) is 4.79 Å². The summed E-state index contributed by atoms with van der Waals surface area (Å²) in [5, 5.41) is 2.78. The lowest BCUT2D eigenvalue weighted by atomic mass is 10.2. The average molecular weight is 186 g/mol. The van der Waals surface area contributed by atoms with E-state index >= 15 is 0 Å².